The van der Waals surface area contributed by atoms with E-state index in [4.69, 9.17) is 0 Å². The number of rotatable bonds is 7. The van der Waals surface area contributed by atoms with Crippen molar-refractivity contribution in [2.24, 2.45) is 7.05 Å². The Morgan fingerprint density at radius 3 is 2.75 bits per heavy atom. The molecule has 0 aromatic carbocycles. The third-order valence-electron chi connectivity index (χ3n) is 1.98. The van der Waals surface area contributed by atoms with Crippen LogP contribution in [0.1, 0.15) is 12.2 Å². The van der Waals surface area contributed by atoms with Gasteiger partial charge in [-0.3, -0.25) is 0 Å². The lowest BCUT2D eigenvalue weighted by molar-refractivity contribution is 0.574. The van der Waals surface area contributed by atoms with Crippen LogP contribution >= 0.6 is 0 Å². The molecule has 0 unspecified atom stereocenters. The van der Waals surface area contributed by atoms with Crippen LogP contribution in [0.3, 0.4) is 0 Å². The van der Waals surface area contributed by atoms with Crippen LogP contribution in [-0.2, 0) is 23.6 Å². The maximum Gasteiger partial charge on any atom is 0.208 e. The minimum absolute atomic E-state index is 0.449. The van der Waals surface area contributed by atoms with Gasteiger partial charge in [0.15, 0.2) is 0 Å². The quantitative estimate of drug-likeness (QED) is 0.594. The molecule has 1 rings (SSSR count). The van der Waals surface area contributed by atoms with E-state index in [1.165, 1.54) is 0 Å². The third kappa shape index (κ3) is 5.19. The summed E-state index contributed by atoms with van der Waals surface area (Å²) in [6, 6.07) is 0. The van der Waals surface area contributed by atoms with Gasteiger partial charge >= 0.3 is 0 Å². The van der Waals surface area contributed by atoms with Gasteiger partial charge in [-0.1, -0.05) is 0 Å². The minimum Gasteiger partial charge on any atom is -0.320 e. The van der Waals surface area contributed by atoms with Crippen LogP contribution in [-0.4, -0.2) is 42.5 Å². The first-order chi connectivity index (χ1) is 7.49. The van der Waals surface area contributed by atoms with E-state index in [-0.39, 0.29) is 0 Å². The summed E-state index contributed by atoms with van der Waals surface area (Å²) in [7, 11) is -1.19. The van der Waals surface area contributed by atoms with Gasteiger partial charge in [0.25, 0.3) is 0 Å². The van der Waals surface area contributed by atoms with Gasteiger partial charge in [0.2, 0.25) is 10.0 Å². The third-order valence-corrected chi connectivity index (χ3v) is 2.71. The Labute approximate surface area is 95.3 Å². The minimum atomic E-state index is -3.07. The monoisotopic (exact) mass is 247 g/mol. The van der Waals surface area contributed by atoms with E-state index in [0.29, 0.717) is 13.1 Å². The molecule has 7 nitrogen and oxygen atoms in total. The van der Waals surface area contributed by atoms with E-state index >= 15 is 0 Å². The zero-order valence-corrected chi connectivity index (χ0v) is 10.3. The molecular weight excluding hydrogens is 230 g/mol. The average Bonchev–Trinajstić information content (AvgIpc) is 2.56. The summed E-state index contributed by atoms with van der Waals surface area (Å²) < 4.78 is 25.7. The van der Waals surface area contributed by atoms with Crippen molar-refractivity contribution in [2.75, 3.05) is 19.3 Å². The maximum atomic E-state index is 10.7. The zero-order valence-electron chi connectivity index (χ0n) is 9.47. The second kappa shape index (κ2) is 5.92. The molecule has 92 valence electrons. The predicted octanol–water partition coefficient (Wildman–Crippen LogP) is -1.16. The highest BCUT2D eigenvalue weighted by atomic mass is 32.2. The van der Waals surface area contributed by atoms with Crippen LogP contribution in [0.25, 0.3) is 0 Å². The van der Waals surface area contributed by atoms with E-state index in [2.05, 4.69) is 20.2 Å². The lowest BCUT2D eigenvalue weighted by Crippen LogP contribution is -2.26. The Bertz CT molecular complexity index is 414. The number of hydrogen-bond donors (Lipinski definition) is 2. The summed E-state index contributed by atoms with van der Waals surface area (Å²) in [6.45, 7) is 1.81. The molecule has 0 aliphatic carbocycles. The van der Waals surface area contributed by atoms with Gasteiger partial charge in [-0.15, -0.1) is 10.2 Å². The van der Waals surface area contributed by atoms with E-state index in [0.717, 1.165) is 25.0 Å². The average molecular weight is 247 g/mol. The number of hydrogen-bond acceptors (Lipinski definition) is 5. The highest BCUT2D eigenvalue weighted by Crippen LogP contribution is 1.89. The smallest absolute Gasteiger partial charge is 0.208 e. The summed E-state index contributed by atoms with van der Waals surface area (Å²) in [6.07, 6.45) is 3.53. The maximum absolute atomic E-state index is 10.7. The molecule has 2 N–H and O–H groups in total. The Morgan fingerprint density at radius 1 is 1.44 bits per heavy atom. The Morgan fingerprint density at radius 2 is 2.19 bits per heavy atom. The first-order valence-electron chi connectivity index (χ1n) is 4.97. The molecule has 0 amide bonds. The molecule has 8 heteroatoms. The van der Waals surface area contributed by atoms with E-state index in [1.807, 2.05) is 11.6 Å². The normalized spacial score (nSPS) is 11.9. The van der Waals surface area contributed by atoms with Crippen LogP contribution in [0.5, 0.6) is 0 Å². The number of nitrogens with zero attached hydrogens (tertiary/aromatic N) is 3. The first-order valence-corrected chi connectivity index (χ1v) is 6.86. The predicted molar refractivity (Wildman–Crippen MR) is 60.2 cm³/mol. The molecule has 1 aromatic rings. The topological polar surface area (TPSA) is 88.9 Å². The number of aromatic nitrogens is 3. The molecule has 0 saturated heterocycles. The van der Waals surface area contributed by atoms with Crippen LogP contribution in [0, 0.1) is 0 Å². The molecule has 0 radical (unpaired) electrons. The lowest BCUT2D eigenvalue weighted by Gasteiger charge is -2.04. The molecule has 0 saturated carbocycles. The van der Waals surface area contributed by atoms with Crippen molar-refractivity contribution in [3.8, 4) is 0 Å². The number of sulfonamides is 1. The van der Waals surface area contributed by atoms with Crippen molar-refractivity contribution < 1.29 is 8.42 Å². The molecule has 16 heavy (non-hydrogen) atoms. The molecule has 1 heterocycles. The van der Waals surface area contributed by atoms with Crippen LogP contribution in [0.15, 0.2) is 6.33 Å². The molecule has 0 aliphatic heterocycles. The Balaban J connectivity index is 2.07. The fourth-order valence-electron chi connectivity index (χ4n) is 1.14. The number of aryl methyl sites for hydroxylation is 1. The fraction of sp³-hybridized carbons (Fsp3) is 0.750. The highest BCUT2D eigenvalue weighted by Gasteiger charge is 2.00. The van der Waals surface area contributed by atoms with Gasteiger partial charge in [-0.2, -0.15) is 0 Å². The lowest BCUT2D eigenvalue weighted by atomic mass is 10.4. The van der Waals surface area contributed by atoms with Crippen molar-refractivity contribution in [3.05, 3.63) is 12.2 Å². The van der Waals surface area contributed by atoms with E-state index < -0.39 is 10.0 Å². The molecule has 0 bridgehead atoms. The van der Waals surface area contributed by atoms with Crippen LogP contribution in [0.4, 0.5) is 0 Å². The second-order valence-corrected chi connectivity index (χ2v) is 5.39. The Hall–Kier alpha value is -0.990. The second-order valence-electron chi connectivity index (χ2n) is 3.55. The molecular formula is C8H17N5O2S. The summed E-state index contributed by atoms with van der Waals surface area (Å²) in [5.41, 5.74) is 0. The summed E-state index contributed by atoms with van der Waals surface area (Å²) >= 11 is 0. The molecule has 0 aliphatic rings. The van der Waals surface area contributed by atoms with Crippen molar-refractivity contribution in [2.45, 2.75) is 13.0 Å². The van der Waals surface area contributed by atoms with Crippen LogP contribution in [0.2, 0.25) is 0 Å². The van der Waals surface area contributed by atoms with Gasteiger partial charge < -0.3 is 9.88 Å². The van der Waals surface area contributed by atoms with E-state index in [1.54, 1.807) is 6.33 Å². The van der Waals surface area contributed by atoms with E-state index in [9.17, 15) is 8.42 Å². The van der Waals surface area contributed by atoms with Gasteiger partial charge in [-0.05, 0) is 13.0 Å². The summed E-state index contributed by atoms with van der Waals surface area (Å²) in [5.74, 6) is 0.857. The molecule has 0 atom stereocenters. The molecule has 0 fully saturated rings. The van der Waals surface area contributed by atoms with Gasteiger partial charge in [0.05, 0.1) is 12.8 Å². The van der Waals surface area contributed by atoms with Crippen LogP contribution < -0.4 is 10.0 Å². The number of nitrogens with one attached hydrogen (secondary N) is 2. The zero-order chi connectivity index (χ0) is 12.0. The molecule has 1 aromatic heterocycles. The summed E-state index contributed by atoms with van der Waals surface area (Å²) in [5, 5.41) is 10.8. The van der Waals surface area contributed by atoms with Gasteiger partial charge in [-0.25, -0.2) is 13.1 Å². The Kier molecular flexibility index (Phi) is 4.84. The molecule has 0 spiro atoms. The largest absolute Gasteiger partial charge is 0.320 e. The first kappa shape index (κ1) is 13.1. The standard InChI is InChI=1S/C8H17N5O2S/c1-13-7-10-12-8(13)6-9-4-3-5-11-16(2,14)15/h7,9,11H,3-6H2,1-2H3. The van der Waals surface area contributed by atoms with Crippen molar-refractivity contribution in [3.63, 3.8) is 0 Å². The summed E-state index contributed by atoms with van der Waals surface area (Å²) in [4.78, 5) is 0. The van der Waals surface area contributed by atoms with Crippen molar-refractivity contribution in [1.29, 1.82) is 0 Å². The van der Waals surface area contributed by atoms with Gasteiger partial charge in [0.1, 0.15) is 12.2 Å². The van der Waals surface area contributed by atoms with Gasteiger partial charge in [0, 0.05) is 13.6 Å². The fourth-order valence-corrected chi connectivity index (χ4v) is 1.65. The van der Waals surface area contributed by atoms with Crippen molar-refractivity contribution >= 4 is 10.0 Å². The SMILES string of the molecule is Cn1cnnc1CNCCCNS(C)(=O)=O. The highest BCUT2D eigenvalue weighted by molar-refractivity contribution is 7.88. The van der Waals surface area contributed by atoms with Crippen molar-refractivity contribution in [1.82, 2.24) is 24.8 Å².